The molecule has 0 aromatic carbocycles. The molecule has 23 heavy (non-hydrogen) atoms. The number of thiazole rings is 1. The number of carbonyl (C=O) groups excluding carboxylic acids is 1. The quantitative estimate of drug-likeness (QED) is 0.779. The maximum absolute atomic E-state index is 12.4. The van der Waals surface area contributed by atoms with Gasteiger partial charge >= 0.3 is 0 Å². The van der Waals surface area contributed by atoms with Crippen LogP contribution >= 0.6 is 22.7 Å². The summed E-state index contributed by atoms with van der Waals surface area (Å²) < 4.78 is 0. The molecule has 6 nitrogen and oxygen atoms in total. The van der Waals surface area contributed by atoms with Crippen molar-refractivity contribution in [3.63, 3.8) is 0 Å². The van der Waals surface area contributed by atoms with Crippen molar-refractivity contribution in [3.8, 4) is 10.6 Å². The van der Waals surface area contributed by atoms with Crippen molar-refractivity contribution in [2.45, 2.75) is 26.7 Å². The standard InChI is InChI=1S/C15H15N5OS2/c1-8(2)13-19-20-15(23-13)18-12(21)11-9(3)17-14(22-11)10-4-6-16-7-5-10/h4-8H,1-3H3,(H,18,20,21). The zero-order chi connectivity index (χ0) is 16.4. The van der Waals surface area contributed by atoms with E-state index < -0.39 is 0 Å². The minimum absolute atomic E-state index is 0.202. The summed E-state index contributed by atoms with van der Waals surface area (Å²) in [5.41, 5.74) is 1.65. The fraction of sp³-hybridized carbons (Fsp3) is 0.267. The lowest BCUT2D eigenvalue weighted by atomic mass is 10.2. The monoisotopic (exact) mass is 345 g/mol. The third-order valence-corrected chi connectivity index (χ3v) is 5.43. The Balaban J connectivity index is 1.81. The Morgan fingerprint density at radius 1 is 1.17 bits per heavy atom. The molecule has 3 aromatic rings. The molecule has 0 saturated heterocycles. The molecule has 0 bridgehead atoms. The van der Waals surface area contributed by atoms with Gasteiger partial charge in [0.15, 0.2) is 0 Å². The van der Waals surface area contributed by atoms with Gasteiger partial charge in [0.2, 0.25) is 5.13 Å². The topological polar surface area (TPSA) is 80.7 Å². The number of pyridine rings is 1. The summed E-state index contributed by atoms with van der Waals surface area (Å²) in [6, 6.07) is 3.75. The van der Waals surface area contributed by atoms with Crippen LogP contribution in [-0.4, -0.2) is 26.1 Å². The first-order valence-electron chi connectivity index (χ1n) is 7.07. The highest BCUT2D eigenvalue weighted by atomic mass is 32.1. The minimum Gasteiger partial charge on any atom is -0.296 e. The lowest BCUT2D eigenvalue weighted by molar-refractivity contribution is 0.102. The Morgan fingerprint density at radius 2 is 1.91 bits per heavy atom. The summed E-state index contributed by atoms with van der Waals surface area (Å²) in [5, 5.41) is 13.1. The van der Waals surface area contributed by atoms with Crippen molar-refractivity contribution in [1.82, 2.24) is 20.2 Å². The molecular formula is C15H15N5OS2. The van der Waals surface area contributed by atoms with Crippen LogP contribution in [0.5, 0.6) is 0 Å². The lowest BCUT2D eigenvalue weighted by Gasteiger charge is -1.98. The first kappa shape index (κ1) is 15.7. The molecule has 3 heterocycles. The summed E-state index contributed by atoms with van der Waals surface area (Å²) in [6.07, 6.45) is 3.42. The summed E-state index contributed by atoms with van der Waals surface area (Å²) in [6.45, 7) is 5.91. The number of anilines is 1. The van der Waals surface area contributed by atoms with E-state index in [4.69, 9.17) is 0 Å². The molecule has 8 heteroatoms. The molecule has 0 fully saturated rings. The Labute approximate surface area is 141 Å². The smallest absolute Gasteiger partial charge is 0.269 e. The molecular weight excluding hydrogens is 330 g/mol. The maximum atomic E-state index is 12.4. The van der Waals surface area contributed by atoms with Crippen molar-refractivity contribution in [1.29, 1.82) is 0 Å². The van der Waals surface area contributed by atoms with Crippen molar-refractivity contribution in [2.24, 2.45) is 0 Å². The lowest BCUT2D eigenvalue weighted by Crippen LogP contribution is -2.11. The largest absolute Gasteiger partial charge is 0.296 e. The first-order valence-corrected chi connectivity index (χ1v) is 8.70. The molecule has 0 aliphatic rings. The van der Waals surface area contributed by atoms with Gasteiger partial charge in [-0.2, -0.15) is 0 Å². The fourth-order valence-corrected chi connectivity index (χ4v) is 3.61. The number of amides is 1. The van der Waals surface area contributed by atoms with E-state index in [9.17, 15) is 4.79 Å². The molecule has 1 N–H and O–H groups in total. The zero-order valence-electron chi connectivity index (χ0n) is 12.9. The van der Waals surface area contributed by atoms with E-state index in [0.717, 1.165) is 15.6 Å². The highest BCUT2D eigenvalue weighted by molar-refractivity contribution is 7.17. The Bertz CT molecular complexity index is 826. The van der Waals surface area contributed by atoms with E-state index in [1.807, 2.05) is 32.9 Å². The highest BCUT2D eigenvalue weighted by Crippen LogP contribution is 2.29. The molecule has 0 radical (unpaired) electrons. The van der Waals surface area contributed by atoms with Crippen LogP contribution < -0.4 is 5.32 Å². The minimum atomic E-state index is -0.202. The normalized spacial score (nSPS) is 11.0. The van der Waals surface area contributed by atoms with Gasteiger partial charge < -0.3 is 0 Å². The van der Waals surface area contributed by atoms with Gasteiger partial charge in [-0.1, -0.05) is 25.2 Å². The van der Waals surface area contributed by atoms with Crippen molar-refractivity contribution in [2.75, 3.05) is 5.32 Å². The van der Waals surface area contributed by atoms with Crippen molar-refractivity contribution < 1.29 is 4.79 Å². The molecule has 0 aliphatic carbocycles. The molecule has 0 saturated carbocycles. The molecule has 118 valence electrons. The van der Waals surface area contributed by atoms with Crippen LogP contribution in [0.15, 0.2) is 24.5 Å². The number of aryl methyl sites for hydroxylation is 1. The maximum Gasteiger partial charge on any atom is 0.269 e. The molecule has 0 aliphatic heterocycles. The highest BCUT2D eigenvalue weighted by Gasteiger charge is 2.18. The average molecular weight is 345 g/mol. The van der Waals surface area contributed by atoms with Crippen LogP contribution in [-0.2, 0) is 0 Å². The number of nitrogens with zero attached hydrogens (tertiary/aromatic N) is 4. The van der Waals surface area contributed by atoms with Crippen LogP contribution in [0, 0.1) is 6.92 Å². The summed E-state index contributed by atoms with van der Waals surface area (Å²) in [5.74, 6) is 0.0911. The molecule has 1 amide bonds. The Morgan fingerprint density at radius 3 is 2.57 bits per heavy atom. The van der Waals surface area contributed by atoms with Crippen molar-refractivity contribution in [3.05, 3.63) is 40.1 Å². The van der Waals surface area contributed by atoms with E-state index in [-0.39, 0.29) is 5.91 Å². The fourth-order valence-electron chi connectivity index (χ4n) is 1.90. The van der Waals surface area contributed by atoms with Crippen LogP contribution in [0.4, 0.5) is 5.13 Å². The molecule has 3 aromatic heterocycles. The number of nitrogens with one attached hydrogen (secondary N) is 1. The third kappa shape index (κ3) is 3.43. The Hall–Kier alpha value is -2.19. The molecule has 0 unspecified atom stereocenters. The van der Waals surface area contributed by atoms with E-state index in [1.54, 1.807) is 12.4 Å². The molecule has 0 atom stereocenters. The van der Waals surface area contributed by atoms with Gasteiger partial charge in [0, 0.05) is 23.9 Å². The number of aromatic nitrogens is 4. The summed E-state index contributed by atoms with van der Waals surface area (Å²) in [7, 11) is 0. The van der Waals surface area contributed by atoms with E-state index in [1.165, 1.54) is 22.7 Å². The number of hydrogen-bond acceptors (Lipinski definition) is 7. The van der Waals surface area contributed by atoms with Gasteiger partial charge in [0.1, 0.15) is 14.9 Å². The Kier molecular flexibility index (Phi) is 4.44. The van der Waals surface area contributed by atoms with E-state index in [2.05, 4.69) is 25.5 Å². The molecule has 3 rings (SSSR count). The van der Waals surface area contributed by atoms with Gasteiger partial charge in [0.25, 0.3) is 5.91 Å². The SMILES string of the molecule is Cc1nc(-c2ccncc2)sc1C(=O)Nc1nnc(C(C)C)s1. The number of hydrogen-bond donors (Lipinski definition) is 1. The third-order valence-electron chi connectivity index (χ3n) is 3.09. The van der Waals surface area contributed by atoms with Crippen molar-refractivity contribution >= 4 is 33.7 Å². The predicted octanol–water partition coefficient (Wildman–Crippen LogP) is 3.74. The molecule has 0 spiro atoms. The van der Waals surface area contributed by atoms with Crippen LogP contribution in [0.3, 0.4) is 0 Å². The van der Waals surface area contributed by atoms with E-state index in [0.29, 0.717) is 21.6 Å². The summed E-state index contributed by atoms with van der Waals surface area (Å²) in [4.78, 5) is 21.5. The number of carbonyl (C=O) groups is 1. The van der Waals surface area contributed by atoms with Gasteiger partial charge in [-0.25, -0.2) is 4.98 Å². The predicted molar refractivity (Wildman–Crippen MR) is 92.0 cm³/mol. The second-order valence-electron chi connectivity index (χ2n) is 5.22. The second-order valence-corrected chi connectivity index (χ2v) is 7.23. The first-order chi connectivity index (χ1) is 11.0. The van der Waals surface area contributed by atoms with Crippen LogP contribution in [0.2, 0.25) is 0 Å². The number of rotatable bonds is 4. The average Bonchev–Trinajstić information content (AvgIpc) is 3.15. The van der Waals surface area contributed by atoms with Gasteiger partial charge in [0.05, 0.1) is 5.69 Å². The van der Waals surface area contributed by atoms with Crippen LogP contribution in [0.1, 0.15) is 40.1 Å². The van der Waals surface area contributed by atoms with Gasteiger partial charge in [-0.15, -0.1) is 21.5 Å². The van der Waals surface area contributed by atoms with Gasteiger partial charge in [-0.05, 0) is 19.1 Å². The summed E-state index contributed by atoms with van der Waals surface area (Å²) >= 11 is 2.75. The second kappa shape index (κ2) is 6.51. The zero-order valence-corrected chi connectivity index (χ0v) is 14.5. The van der Waals surface area contributed by atoms with Gasteiger partial charge in [-0.3, -0.25) is 15.1 Å². The van der Waals surface area contributed by atoms with Crippen LogP contribution in [0.25, 0.3) is 10.6 Å². The van der Waals surface area contributed by atoms with E-state index >= 15 is 0 Å².